The number of likely N-dealkylation sites (tertiary alicyclic amines) is 1. The second-order valence-electron chi connectivity index (χ2n) is 5.86. The Labute approximate surface area is 139 Å². The molecule has 1 amide bonds. The number of carbonyl (C=O) groups excluding carboxylic acids is 1. The zero-order chi connectivity index (χ0) is 16.3. The van der Waals surface area contributed by atoms with Gasteiger partial charge in [-0.15, -0.1) is 0 Å². The van der Waals surface area contributed by atoms with Crippen LogP contribution in [0.3, 0.4) is 0 Å². The van der Waals surface area contributed by atoms with E-state index in [4.69, 9.17) is 9.47 Å². The van der Waals surface area contributed by atoms with E-state index in [1.165, 1.54) is 32.4 Å². The molecule has 0 aliphatic carbocycles. The van der Waals surface area contributed by atoms with Crippen LogP contribution in [-0.4, -0.2) is 43.8 Å². The Bertz CT molecular complexity index is 473. The summed E-state index contributed by atoms with van der Waals surface area (Å²) >= 11 is 0. The van der Waals surface area contributed by atoms with Crippen molar-refractivity contribution < 1.29 is 14.3 Å². The van der Waals surface area contributed by atoms with E-state index in [2.05, 4.69) is 10.2 Å². The smallest absolute Gasteiger partial charge is 0.411 e. The molecular formula is C18H28N2O3. The second kappa shape index (κ2) is 10.1. The molecule has 0 bridgehead atoms. The van der Waals surface area contributed by atoms with Gasteiger partial charge in [-0.25, -0.2) is 4.79 Å². The summed E-state index contributed by atoms with van der Waals surface area (Å²) in [7, 11) is 0. The Hall–Kier alpha value is -1.75. The largest absolute Gasteiger partial charge is 0.491 e. The Morgan fingerprint density at radius 2 is 1.96 bits per heavy atom. The topological polar surface area (TPSA) is 50.8 Å². The number of anilines is 1. The zero-order valence-electron chi connectivity index (χ0n) is 14.1. The van der Waals surface area contributed by atoms with Crippen LogP contribution < -0.4 is 10.1 Å². The van der Waals surface area contributed by atoms with Crippen molar-refractivity contribution in [2.24, 2.45) is 0 Å². The number of para-hydroxylation sites is 2. The van der Waals surface area contributed by atoms with Gasteiger partial charge in [0.2, 0.25) is 0 Å². The predicted molar refractivity (Wildman–Crippen MR) is 92.1 cm³/mol. The van der Waals surface area contributed by atoms with Crippen molar-refractivity contribution in [1.29, 1.82) is 0 Å². The van der Waals surface area contributed by atoms with Crippen molar-refractivity contribution in [1.82, 2.24) is 4.90 Å². The quantitative estimate of drug-likeness (QED) is 0.738. The Morgan fingerprint density at radius 1 is 1.17 bits per heavy atom. The second-order valence-corrected chi connectivity index (χ2v) is 5.86. The SMILES string of the molecule is CCCOc1ccccc1NC(=O)OCCCN1CCCCC1. The molecule has 1 aromatic rings. The summed E-state index contributed by atoms with van der Waals surface area (Å²) in [5.41, 5.74) is 0.655. The van der Waals surface area contributed by atoms with Crippen LogP contribution in [0.15, 0.2) is 24.3 Å². The first kappa shape index (κ1) is 17.6. The maximum absolute atomic E-state index is 11.9. The van der Waals surface area contributed by atoms with Crippen molar-refractivity contribution in [3.05, 3.63) is 24.3 Å². The van der Waals surface area contributed by atoms with Crippen LogP contribution in [0.5, 0.6) is 5.75 Å². The number of nitrogens with one attached hydrogen (secondary N) is 1. The molecule has 1 N–H and O–H groups in total. The van der Waals surface area contributed by atoms with Gasteiger partial charge in [0.05, 0.1) is 18.9 Å². The normalized spacial score (nSPS) is 15.2. The number of hydrogen-bond acceptors (Lipinski definition) is 4. The van der Waals surface area contributed by atoms with Gasteiger partial charge in [-0.1, -0.05) is 25.5 Å². The van der Waals surface area contributed by atoms with E-state index in [-0.39, 0.29) is 0 Å². The summed E-state index contributed by atoms with van der Waals surface area (Å²) in [5, 5.41) is 2.76. The summed E-state index contributed by atoms with van der Waals surface area (Å²) in [6.45, 7) is 6.47. The molecule has 1 aliphatic rings. The molecule has 5 nitrogen and oxygen atoms in total. The number of carbonyl (C=O) groups is 1. The van der Waals surface area contributed by atoms with E-state index < -0.39 is 6.09 Å². The average molecular weight is 320 g/mol. The van der Waals surface area contributed by atoms with Crippen molar-refractivity contribution in [3.8, 4) is 5.75 Å². The van der Waals surface area contributed by atoms with Crippen LogP contribution >= 0.6 is 0 Å². The fraction of sp³-hybridized carbons (Fsp3) is 0.611. The van der Waals surface area contributed by atoms with E-state index >= 15 is 0 Å². The Morgan fingerprint density at radius 3 is 2.74 bits per heavy atom. The molecule has 2 rings (SSSR count). The van der Waals surface area contributed by atoms with Crippen molar-refractivity contribution in [2.75, 3.05) is 38.2 Å². The van der Waals surface area contributed by atoms with Crippen LogP contribution in [0.1, 0.15) is 39.0 Å². The van der Waals surface area contributed by atoms with E-state index in [0.29, 0.717) is 24.7 Å². The van der Waals surface area contributed by atoms with E-state index in [1.54, 1.807) is 0 Å². The van der Waals surface area contributed by atoms with E-state index in [0.717, 1.165) is 19.4 Å². The van der Waals surface area contributed by atoms with E-state index in [9.17, 15) is 4.79 Å². The first-order chi connectivity index (χ1) is 11.3. The molecule has 23 heavy (non-hydrogen) atoms. The molecular weight excluding hydrogens is 292 g/mol. The lowest BCUT2D eigenvalue weighted by Crippen LogP contribution is -2.31. The maximum Gasteiger partial charge on any atom is 0.411 e. The first-order valence-corrected chi connectivity index (χ1v) is 8.67. The lowest BCUT2D eigenvalue weighted by molar-refractivity contribution is 0.148. The summed E-state index contributed by atoms with van der Waals surface area (Å²) in [4.78, 5) is 14.3. The van der Waals surface area contributed by atoms with E-state index in [1.807, 2.05) is 31.2 Å². The van der Waals surface area contributed by atoms with Crippen molar-refractivity contribution in [2.45, 2.75) is 39.0 Å². The van der Waals surface area contributed by atoms with Crippen LogP contribution in [-0.2, 0) is 4.74 Å². The Balaban J connectivity index is 1.68. The van der Waals surface area contributed by atoms with Gasteiger partial charge in [-0.3, -0.25) is 5.32 Å². The van der Waals surface area contributed by atoms with Gasteiger partial charge >= 0.3 is 6.09 Å². The Kier molecular flexibility index (Phi) is 7.73. The zero-order valence-corrected chi connectivity index (χ0v) is 14.1. The van der Waals surface area contributed by atoms with Crippen LogP contribution in [0.2, 0.25) is 0 Å². The molecule has 0 saturated carbocycles. The van der Waals surface area contributed by atoms with Crippen LogP contribution in [0, 0.1) is 0 Å². The lowest BCUT2D eigenvalue weighted by atomic mass is 10.1. The van der Waals surface area contributed by atoms with Gasteiger partial charge in [0.15, 0.2) is 0 Å². The van der Waals surface area contributed by atoms with Gasteiger partial charge in [0.1, 0.15) is 5.75 Å². The molecule has 0 unspecified atom stereocenters. The van der Waals surface area contributed by atoms with Crippen LogP contribution in [0.25, 0.3) is 0 Å². The molecule has 0 atom stereocenters. The molecule has 128 valence electrons. The number of benzene rings is 1. The highest BCUT2D eigenvalue weighted by Crippen LogP contribution is 2.24. The highest BCUT2D eigenvalue weighted by molar-refractivity contribution is 5.86. The molecule has 1 heterocycles. The third-order valence-corrected chi connectivity index (χ3v) is 3.89. The highest BCUT2D eigenvalue weighted by Gasteiger charge is 2.11. The monoisotopic (exact) mass is 320 g/mol. The number of nitrogens with zero attached hydrogens (tertiary/aromatic N) is 1. The standard InChI is InChI=1S/C18H28N2O3/c1-2-14-22-17-10-5-4-9-16(17)19-18(21)23-15-8-13-20-11-6-3-7-12-20/h4-5,9-10H,2-3,6-8,11-15H2,1H3,(H,19,21). The van der Waals surface area contributed by atoms with Crippen molar-refractivity contribution >= 4 is 11.8 Å². The fourth-order valence-corrected chi connectivity index (χ4v) is 2.69. The first-order valence-electron chi connectivity index (χ1n) is 8.67. The minimum atomic E-state index is -0.420. The third-order valence-electron chi connectivity index (χ3n) is 3.89. The average Bonchev–Trinajstić information content (AvgIpc) is 2.59. The number of piperidine rings is 1. The van der Waals surface area contributed by atoms with Crippen molar-refractivity contribution in [3.63, 3.8) is 0 Å². The summed E-state index contributed by atoms with van der Waals surface area (Å²) in [6, 6.07) is 7.42. The molecule has 0 radical (unpaired) electrons. The molecule has 1 saturated heterocycles. The summed E-state index contributed by atoms with van der Waals surface area (Å²) < 4.78 is 10.9. The van der Waals surface area contributed by atoms with Gasteiger partial charge in [0, 0.05) is 6.54 Å². The number of amides is 1. The molecule has 1 aromatic carbocycles. The maximum atomic E-state index is 11.9. The summed E-state index contributed by atoms with van der Waals surface area (Å²) in [5.74, 6) is 0.680. The molecule has 1 fully saturated rings. The predicted octanol–water partition coefficient (Wildman–Crippen LogP) is 3.90. The van der Waals surface area contributed by atoms with Gasteiger partial charge in [-0.2, -0.15) is 0 Å². The van der Waals surface area contributed by atoms with Gasteiger partial charge in [0.25, 0.3) is 0 Å². The molecule has 0 aromatic heterocycles. The third kappa shape index (κ3) is 6.48. The molecule has 1 aliphatic heterocycles. The number of rotatable bonds is 8. The van der Waals surface area contributed by atoms with Gasteiger partial charge < -0.3 is 14.4 Å². The summed E-state index contributed by atoms with van der Waals surface area (Å²) in [6.07, 6.45) is 5.30. The highest BCUT2D eigenvalue weighted by atomic mass is 16.5. The molecule has 0 spiro atoms. The minimum Gasteiger partial charge on any atom is -0.491 e. The molecule has 5 heteroatoms. The minimum absolute atomic E-state index is 0.420. The van der Waals surface area contributed by atoms with Crippen LogP contribution in [0.4, 0.5) is 10.5 Å². The number of hydrogen-bond donors (Lipinski definition) is 1. The lowest BCUT2D eigenvalue weighted by Gasteiger charge is -2.26. The number of ether oxygens (including phenoxy) is 2. The fourth-order valence-electron chi connectivity index (χ4n) is 2.69. The van der Waals surface area contributed by atoms with Gasteiger partial charge in [-0.05, 0) is 50.9 Å².